The second-order valence-corrected chi connectivity index (χ2v) is 6.35. The lowest BCUT2D eigenvalue weighted by Gasteiger charge is -2.10. The average molecular weight is 355 g/mol. The number of H-pyrrole nitrogens is 1. The van der Waals surface area contributed by atoms with Crippen LogP contribution in [0.15, 0.2) is 36.4 Å². The summed E-state index contributed by atoms with van der Waals surface area (Å²) in [5.74, 6) is 2.65. The van der Waals surface area contributed by atoms with Crippen molar-refractivity contribution >= 4 is 10.9 Å². The maximum Gasteiger partial charge on any atom is 0.127 e. The van der Waals surface area contributed by atoms with Gasteiger partial charge in [0.2, 0.25) is 0 Å². The number of aromatic amines is 1. The normalized spacial score (nSPS) is 10.9. The molecule has 0 aliphatic carbocycles. The van der Waals surface area contributed by atoms with Crippen molar-refractivity contribution in [3.63, 3.8) is 0 Å². The lowest BCUT2D eigenvalue weighted by Crippen LogP contribution is -2.83. The molecule has 3 aromatic rings. The molecule has 3 rings (SSSR count). The maximum absolute atomic E-state index is 5.46. The van der Waals surface area contributed by atoms with Crippen molar-refractivity contribution in [3.05, 3.63) is 53.2 Å². The predicted molar refractivity (Wildman–Crippen MR) is 103 cm³/mol. The molecule has 1 heterocycles. The minimum absolute atomic E-state index is 0.852. The molecule has 0 fully saturated rings. The molecule has 26 heavy (non-hydrogen) atoms. The van der Waals surface area contributed by atoms with Crippen molar-refractivity contribution in [1.29, 1.82) is 0 Å². The first kappa shape index (κ1) is 18.1. The van der Waals surface area contributed by atoms with Crippen molar-refractivity contribution in [2.75, 3.05) is 27.9 Å². The molecule has 0 aliphatic rings. The van der Waals surface area contributed by atoms with Crippen LogP contribution in [-0.4, -0.2) is 32.9 Å². The zero-order valence-electron chi connectivity index (χ0n) is 15.9. The first-order valence-corrected chi connectivity index (χ1v) is 8.84. The Labute approximate surface area is 154 Å². The molecular weight excluding hydrogens is 328 g/mol. The highest BCUT2D eigenvalue weighted by Gasteiger charge is 2.11. The number of aromatic nitrogens is 1. The van der Waals surface area contributed by atoms with Crippen molar-refractivity contribution < 1.29 is 19.5 Å². The molecule has 0 radical (unpaired) electrons. The first-order chi connectivity index (χ1) is 12.7. The highest BCUT2D eigenvalue weighted by molar-refractivity contribution is 5.86. The number of hydrogen-bond donors (Lipinski definition) is 2. The van der Waals surface area contributed by atoms with Crippen LogP contribution in [0.1, 0.15) is 16.8 Å². The second kappa shape index (κ2) is 8.15. The summed E-state index contributed by atoms with van der Waals surface area (Å²) in [6, 6.07) is 12.1. The molecule has 0 unspecified atom stereocenters. The van der Waals surface area contributed by atoms with Gasteiger partial charge in [-0.05, 0) is 48.9 Å². The molecule has 0 aliphatic heterocycles. The number of nitrogens with one attached hydrogen (secondary N) is 1. The SMILES string of the molecule is COc1ccc(OC)c(C[NH2+]CCc2c(C)[nH]c3ccc(OC)cc23)c1. The lowest BCUT2D eigenvalue weighted by molar-refractivity contribution is -0.670. The molecule has 0 saturated carbocycles. The third kappa shape index (κ3) is 3.78. The van der Waals surface area contributed by atoms with Gasteiger partial charge in [-0.3, -0.25) is 0 Å². The van der Waals surface area contributed by atoms with E-state index in [1.54, 1.807) is 21.3 Å². The monoisotopic (exact) mass is 355 g/mol. The van der Waals surface area contributed by atoms with Gasteiger partial charge in [0, 0.05) is 23.0 Å². The van der Waals surface area contributed by atoms with E-state index in [-0.39, 0.29) is 0 Å². The summed E-state index contributed by atoms with van der Waals surface area (Å²) < 4.78 is 16.1. The topological polar surface area (TPSA) is 60.1 Å². The van der Waals surface area contributed by atoms with E-state index in [1.165, 1.54) is 16.6 Å². The van der Waals surface area contributed by atoms with Crippen LogP contribution in [0.25, 0.3) is 10.9 Å². The van der Waals surface area contributed by atoms with Gasteiger partial charge < -0.3 is 24.5 Å². The number of hydrogen-bond acceptors (Lipinski definition) is 3. The van der Waals surface area contributed by atoms with Crippen LogP contribution in [-0.2, 0) is 13.0 Å². The van der Waals surface area contributed by atoms with Gasteiger partial charge in [0.25, 0.3) is 0 Å². The Morgan fingerprint density at radius 1 is 0.923 bits per heavy atom. The molecule has 3 N–H and O–H groups in total. The summed E-state index contributed by atoms with van der Waals surface area (Å²) >= 11 is 0. The summed E-state index contributed by atoms with van der Waals surface area (Å²) in [6.07, 6.45) is 0.991. The van der Waals surface area contributed by atoms with Crippen LogP contribution in [0, 0.1) is 6.92 Å². The Morgan fingerprint density at radius 3 is 2.38 bits per heavy atom. The number of quaternary nitrogens is 1. The Hall–Kier alpha value is -2.66. The summed E-state index contributed by atoms with van der Waals surface area (Å²) in [7, 11) is 5.09. The predicted octanol–water partition coefficient (Wildman–Crippen LogP) is 2.81. The van der Waals surface area contributed by atoms with Gasteiger partial charge in [-0.1, -0.05) is 0 Å². The van der Waals surface area contributed by atoms with Crippen LogP contribution in [0.5, 0.6) is 17.2 Å². The molecule has 2 aromatic carbocycles. The van der Waals surface area contributed by atoms with E-state index in [0.717, 1.165) is 47.8 Å². The van der Waals surface area contributed by atoms with Crippen molar-refractivity contribution in [1.82, 2.24) is 4.98 Å². The summed E-state index contributed by atoms with van der Waals surface area (Å²) in [4.78, 5) is 3.46. The fourth-order valence-corrected chi connectivity index (χ4v) is 3.36. The van der Waals surface area contributed by atoms with E-state index >= 15 is 0 Å². The van der Waals surface area contributed by atoms with Crippen molar-refractivity contribution in [3.8, 4) is 17.2 Å². The number of rotatable bonds is 8. The third-order valence-electron chi connectivity index (χ3n) is 4.78. The molecular formula is C21H27N2O3+. The highest BCUT2D eigenvalue weighted by Crippen LogP contribution is 2.26. The van der Waals surface area contributed by atoms with Crippen LogP contribution in [0.4, 0.5) is 0 Å². The van der Waals surface area contributed by atoms with E-state index in [0.29, 0.717) is 0 Å². The van der Waals surface area contributed by atoms with Gasteiger partial charge in [-0.2, -0.15) is 0 Å². The minimum atomic E-state index is 0.852. The Bertz CT molecular complexity index is 886. The molecule has 0 atom stereocenters. The molecule has 0 amide bonds. The Balaban J connectivity index is 1.67. The zero-order chi connectivity index (χ0) is 18.5. The number of benzene rings is 2. The highest BCUT2D eigenvalue weighted by atomic mass is 16.5. The summed E-state index contributed by atoms with van der Waals surface area (Å²) in [5, 5.41) is 3.55. The summed E-state index contributed by atoms with van der Waals surface area (Å²) in [5.41, 5.74) is 4.88. The van der Waals surface area contributed by atoms with Gasteiger partial charge in [0.15, 0.2) is 0 Å². The number of methoxy groups -OCH3 is 3. The maximum atomic E-state index is 5.46. The van der Waals surface area contributed by atoms with E-state index in [9.17, 15) is 0 Å². The Morgan fingerprint density at radius 2 is 1.65 bits per heavy atom. The van der Waals surface area contributed by atoms with E-state index in [2.05, 4.69) is 29.4 Å². The summed E-state index contributed by atoms with van der Waals surface area (Å²) in [6.45, 7) is 3.98. The molecule has 0 saturated heterocycles. The largest absolute Gasteiger partial charge is 0.497 e. The molecule has 138 valence electrons. The lowest BCUT2D eigenvalue weighted by atomic mass is 10.1. The minimum Gasteiger partial charge on any atom is -0.497 e. The second-order valence-electron chi connectivity index (χ2n) is 6.35. The van der Waals surface area contributed by atoms with Crippen LogP contribution >= 0.6 is 0 Å². The van der Waals surface area contributed by atoms with Gasteiger partial charge in [-0.25, -0.2) is 0 Å². The molecule has 0 spiro atoms. The van der Waals surface area contributed by atoms with Crippen molar-refractivity contribution in [2.24, 2.45) is 0 Å². The van der Waals surface area contributed by atoms with Crippen molar-refractivity contribution in [2.45, 2.75) is 19.9 Å². The standard InChI is InChI=1S/C21H26N2O3/c1-14-18(19-12-17(25-3)5-7-20(19)23-14)9-10-22-13-15-11-16(24-2)6-8-21(15)26-4/h5-8,11-12,22-23H,9-10,13H2,1-4H3/p+1. The van der Waals surface area contributed by atoms with Gasteiger partial charge in [0.1, 0.15) is 23.8 Å². The van der Waals surface area contributed by atoms with E-state index in [4.69, 9.17) is 14.2 Å². The Kier molecular flexibility index (Phi) is 5.68. The van der Waals surface area contributed by atoms with Gasteiger partial charge >= 0.3 is 0 Å². The van der Waals surface area contributed by atoms with Gasteiger partial charge in [-0.15, -0.1) is 0 Å². The quantitative estimate of drug-likeness (QED) is 0.611. The number of nitrogens with two attached hydrogens (primary N) is 1. The smallest absolute Gasteiger partial charge is 0.127 e. The average Bonchev–Trinajstić information content (AvgIpc) is 2.99. The van der Waals surface area contributed by atoms with Gasteiger partial charge in [0.05, 0.1) is 33.4 Å². The zero-order valence-corrected chi connectivity index (χ0v) is 15.9. The number of ether oxygens (including phenoxy) is 3. The number of fused-ring (bicyclic) bond motifs is 1. The van der Waals surface area contributed by atoms with E-state index in [1.807, 2.05) is 24.3 Å². The molecule has 5 heteroatoms. The third-order valence-corrected chi connectivity index (χ3v) is 4.78. The first-order valence-electron chi connectivity index (χ1n) is 8.84. The van der Waals surface area contributed by atoms with Crippen LogP contribution in [0.2, 0.25) is 0 Å². The van der Waals surface area contributed by atoms with Crippen LogP contribution < -0.4 is 19.5 Å². The molecule has 1 aromatic heterocycles. The van der Waals surface area contributed by atoms with E-state index < -0.39 is 0 Å². The number of aryl methyl sites for hydroxylation is 1. The fraction of sp³-hybridized carbons (Fsp3) is 0.333. The fourth-order valence-electron chi connectivity index (χ4n) is 3.36. The molecule has 5 nitrogen and oxygen atoms in total. The van der Waals surface area contributed by atoms with Crippen LogP contribution in [0.3, 0.4) is 0 Å². The molecule has 0 bridgehead atoms.